The summed E-state index contributed by atoms with van der Waals surface area (Å²) in [6, 6.07) is 8.88. The maximum atomic E-state index is 6.02. The van der Waals surface area contributed by atoms with Crippen LogP contribution in [0.25, 0.3) is 0 Å². The predicted octanol–water partition coefficient (Wildman–Crippen LogP) is 3.09. The second kappa shape index (κ2) is 6.40. The first-order valence-corrected chi connectivity index (χ1v) is 7.22. The molecule has 1 N–H and O–H groups in total. The van der Waals surface area contributed by atoms with Crippen molar-refractivity contribution in [3.8, 4) is 5.75 Å². The van der Waals surface area contributed by atoms with Gasteiger partial charge in [0.25, 0.3) is 0 Å². The molecule has 1 aliphatic rings. The fourth-order valence-electron chi connectivity index (χ4n) is 2.63. The Morgan fingerprint density at radius 1 is 1.37 bits per heavy atom. The highest BCUT2D eigenvalue weighted by Gasteiger charge is 2.34. The van der Waals surface area contributed by atoms with Gasteiger partial charge in [-0.2, -0.15) is 0 Å². The third kappa shape index (κ3) is 3.48. The molecular weight excluding hydrogens is 238 g/mol. The summed E-state index contributed by atoms with van der Waals surface area (Å²) in [6.07, 6.45) is 3.13. The summed E-state index contributed by atoms with van der Waals surface area (Å²) >= 11 is 0. The van der Waals surface area contributed by atoms with Crippen LogP contribution in [0.2, 0.25) is 0 Å². The van der Waals surface area contributed by atoms with E-state index in [1.807, 2.05) is 19.2 Å². The molecule has 0 aliphatic carbocycles. The number of nitrogens with one attached hydrogen (secondary N) is 1. The summed E-state index contributed by atoms with van der Waals surface area (Å²) in [4.78, 5) is 0. The summed E-state index contributed by atoms with van der Waals surface area (Å²) in [7, 11) is 2.03. The van der Waals surface area contributed by atoms with Crippen LogP contribution >= 0.6 is 0 Å². The molecule has 0 radical (unpaired) electrons. The van der Waals surface area contributed by atoms with Gasteiger partial charge in [0, 0.05) is 12.6 Å². The minimum atomic E-state index is -0.185. The monoisotopic (exact) mass is 263 g/mol. The standard InChI is InChI=1S/C16H25NO2/c1-4-10-18-15-7-5-13(6-8-15)16(2)12-14(17-3)9-11-19-16/h5-8,14,17H,4,9-12H2,1-3H3. The Balaban J connectivity index is 2.07. The van der Waals surface area contributed by atoms with Gasteiger partial charge in [0.1, 0.15) is 5.75 Å². The van der Waals surface area contributed by atoms with E-state index in [1.54, 1.807) is 0 Å². The summed E-state index contributed by atoms with van der Waals surface area (Å²) in [5.74, 6) is 0.940. The lowest BCUT2D eigenvalue weighted by Crippen LogP contribution is -2.42. The zero-order chi connectivity index (χ0) is 13.7. The molecule has 1 aliphatic heterocycles. The van der Waals surface area contributed by atoms with E-state index >= 15 is 0 Å². The van der Waals surface area contributed by atoms with Gasteiger partial charge < -0.3 is 14.8 Å². The third-order valence-electron chi connectivity index (χ3n) is 3.87. The smallest absolute Gasteiger partial charge is 0.119 e. The van der Waals surface area contributed by atoms with Crippen LogP contribution in [0.4, 0.5) is 0 Å². The average molecular weight is 263 g/mol. The van der Waals surface area contributed by atoms with Crippen molar-refractivity contribution in [2.24, 2.45) is 0 Å². The Labute approximate surface area is 116 Å². The molecule has 1 heterocycles. The van der Waals surface area contributed by atoms with Gasteiger partial charge in [-0.05, 0) is 50.9 Å². The second-order valence-electron chi connectivity index (χ2n) is 5.43. The number of rotatable bonds is 5. The number of benzene rings is 1. The van der Waals surface area contributed by atoms with E-state index in [1.165, 1.54) is 5.56 Å². The van der Waals surface area contributed by atoms with Crippen LogP contribution in [-0.4, -0.2) is 26.3 Å². The molecule has 1 aromatic rings. The van der Waals surface area contributed by atoms with Crippen molar-refractivity contribution in [3.63, 3.8) is 0 Å². The Morgan fingerprint density at radius 3 is 2.74 bits per heavy atom. The topological polar surface area (TPSA) is 30.5 Å². The highest BCUT2D eigenvalue weighted by Crippen LogP contribution is 2.35. The van der Waals surface area contributed by atoms with Gasteiger partial charge in [0.05, 0.1) is 12.2 Å². The lowest BCUT2D eigenvalue weighted by molar-refractivity contribution is -0.0804. The fraction of sp³-hybridized carbons (Fsp3) is 0.625. The molecule has 0 bridgehead atoms. The fourth-order valence-corrected chi connectivity index (χ4v) is 2.63. The Bertz CT molecular complexity index is 390. The summed E-state index contributed by atoms with van der Waals surface area (Å²) in [5, 5.41) is 3.36. The van der Waals surface area contributed by atoms with Crippen LogP contribution in [0, 0.1) is 0 Å². The zero-order valence-corrected chi connectivity index (χ0v) is 12.2. The van der Waals surface area contributed by atoms with E-state index in [4.69, 9.17) is 9.47 Å². The molecule has 2 rings (SSSR count). The molecule has 0 saturated carbocycles. The van der Waals surface area contributed by atoms with E-state index in [-0.39, 0.29) is 5.60 Å². The number of hydrogen-bond donors (Lipinski definition) is 1. The van der Waals surface area contributed by atoms with Crippen molar-refractivity contribution >= 4 is 0 Å². The zero-order valence-electron chi connectivity index (χ0n) is 12.2. The van der Waals surface area contributed by atoms with Gasteiger partial charge >= 0.3 is 0 Å². The lowest BCUT2D eigenvalue weighted by Gasteiger charge is -2.38. The molecule has 0 aromatic heterocycles. The van der Waals surface area contributed by atoms with Crippen molar-refractivity contribution in [2.45, 2.75) is 44.8 Å². The van der Waals surface area contributed by atoms with E-state index < -0.39 is 0 Å². The first-order chi connectivity index (χ1) is 9.18. The van der Waals surface area contributed by atoms with Crippen LogP contribution in [0.1, 0.15) is 38.7 Å². The predicted molar refractivity (Wildman–Crippen MR) is 77.6 cm³/mol. The minimum Gasteiger partial charge on any atom is -0.494 e. The lowest BCUT2D eigenvalue weighted by atomic mass is 9.86. The van der Waals surface area contributed by atoms with Gasteiger partial charge in [-0.1, -0.05) is 19.1 Å². The third-order valence-corrected chi connectivity index (χ3v) is 3.87. The molecule has 1 fully saturated rings. The van der Waals surface area contributed by atoms with Crippen molar-refractivity contribution in [3.05, 3.63) is 29.8 Å². The Morgan fingerprint density at radius 2 is 2.11 bits per heavy atom. The van der Waals surface area contributed by atoms with Crippen LogP contribution in [0.15, 0.2) is 24.3 Å². The largest absolute Gasteiger partial charge is 0.494 e. The summed E-state index contributed by atoms with van der Waals surface area (Å²) in [5.41, 5.74) is 1.05. The van der Waals surface area contributed by atoms with E-state index in [2.05, 4.69) is 31.3 Å². The molecule has 2 atom stereocenters. The van der Waals surface area contributed by atoms with Gasteiger partial charge in [-0.25, -0.2) is 0 Å². The van der Waals surface area contributed by atoms with Crippen LogP contribution < -0.4 is 10.1 Å². The first-order valence-electron chi connectivity index (χ1n) is 7.22. The maximum absolute atomic E-state index is 6.02. The van der Waals surface area contributed by atoms with E-state index in [9.17, 15) is 0 Å². The number of ether oxygens (including phenoxy) is 2. The van der Waals surface area contributed by atoms with Gasteiger partial charge in [0.15, 0.2) is 0 Å². The molecule has 19 heavy (non-hydrogen) atoms. The van der Waals surface area contributed by atoms with Gasteiger partial charge in [-0.3, -0.25) is 0 Å². The molecule has 0 amide bonds. The molecule has 106 valence electrons. The maximum Gasteiger partial charge on any atom is 0.119 e. The second-order valence-corrected chi connectivity index (χ2v) is 5.43. The van der Waals surface area contributed by atoms with Crippen LogP contribution in [0.5, 0.6) is 5.75 Å². The van der Waals surface area contributed by atoms with E-state index in [0.717, 1.165) is 38.2 Å². The molecule has 3 nitrogen and oxygen atoms in total. The molecule has 1 aromatic carbocycles. The minimum absolute atomic E-state index is 0.185. The summed E-state index contributed by atoms with van der Waals surface area (Å²) < 4.78 is 11.6. The molecule has 3 heteroatoms. The normalized spacial score (nSPS) is 27.2. The molecule has 2 unspecified atom stereocenters. The van der Waals surface area contributed by atoms with Crippen molar-refractivity contribution in [1.29, 1.82) is 0 Å². The van der Waals surface area contributed by atoms with Crippen LogP contribution in [-0.2, 0) is 10.3 Å². The van der Waals surface area contributed by atoms with Crippen molar-refractivity contribution < 1.29 is 9.47 Å². The van der Waals surface area contributed by atoms with Gasteiger partial charge in [-0.15, -0.1) is 0 Å². The Kier molecular flexibility index (Phi) is 4.83. The average Bonchev–Trinajstić information content (AvgIpc) is 2.45. The van der Waals surface area contributed by atoms with Gasteiger partial charge in [0.2, 0.25) is 0 Å². The summed E-state index contributed by atoms with van der Waals surface area (Å²) in [6.45, 7) is 5.88. The van der Waals surface area contributed by atoms with E-state index in [0.29, 0.717) is 6.04 Å². The van der Waals surface area contributed by atoms with Crippen LogP contribution in [0.3, 0.4) is 0 Å². The SMILES string of the molecule is CCCOc1ccc(C2(C)CC(NC)CCO2)cc1. The van der Waals surface area contributed by atoms with Crippen molar-refractivity contribution in [1.82, 2.24) is 5.32 Å². The quantitative estimate of drug-likeness (QED) is 0.885. The molecule has 0 spiro atoms. The molecular formula is C16H25NO2. The Hall–Kier alpha value is -1.06. The highest BCUT2D eigenvalue weighted by atomic mass is 16.5. The molecule has 1 saturated heterocycles. The number of hydrogen-bond acceptors (Lipinski definition) is 3. The van der Waals surface area contributed by atoms with Crippen molar-refractivity contribution in [2.75, 3.05) is 20.3 Å². The highest BCUT2D eigenvalue weighted by molar-refractivity contribution is 5.31. The first kappa shape index (κ1) is 14.4.